The molecule has 2 nitrogen and oxygen atoms in total. The zero-order valence-corrected chi connectivity index (χ0v) is 8.59. The molecule has 1 atom stereocenters. The van der Waals surface area contributed by atoms with E-state index in [-0.39, 0.29) is 0 Å². The number of amidine groups is 1. The van der Waals surface area contributed by atoms with Gasteiger partial charge in [0, 0.05) is 6.42 Å². The summed E-state index contributed by atoms with van der Waals surface area (Å²) in [6.07, 6.45) is 2.61. The van der Waals surface area contributed by atoms with Crippen LogP contribution in [0.25, 0.3) is 0 Å². The summed E-state index contributed by atoms with van der Waals surface area (Å²) in [4.78, 5) is 4.52. The third kappa shape index (κ3) is 4.16. The third-order valence-corrected chi connectivity index (χ3v) is 1.93. The van der Waals surface area contributed by atoms with Gasteiger partial charge in [0.2, 0.25) is 0 Å². The molecule has 0 rings (SSSR count). The van der Waals surface area contributed by atoms with Crippen LogP contribution >= 0.6 is 0 Å². The van der Waals surface area contributed by atoms with Gasteiger partial charge in [-0.15, -0.1) is 0 Å². The van der Waals surface area contributed by atoms with Crippen LogP contribution in [0.3, 0.4) is 0 Å². The van der Waals surface area contributed by atoms with Crippen molar-refractivity contribution in [3.8, 4) is 0 Å². The summed E-state index contributed by atoms with van der Waals surface area (Å²) in [5.41, 5.74) is 0. The molecular formula is C10H20N2. The van der Waals surface area contributed by atoms with Crippen molar-refractivity contribution in [3.63, 3.8) is 0 Å². The lowest BCUT2D eigenvalue weighted by Crippen LogP contribution is -2.20. The summed E-state index contributed by atoms with van der Waals surface area (Å²) in [5, 5.41) is 3.03. The molecule has 0 aliphatic carbocycles. The van der Waals surface area contributed by atoms with Crippen LogP contribution in [0.2, 0.25) is 0 Å². The van der Waals surface area contributed by atoms with Crippen LogP contribution in [0.1, 0.15) is 34.1 Å². The van der Waals surface area contributed by atoms with Crippen molar-refractivity contribution in [2.24, 2.45) is 10.9 Å². The molecule has 1 N–H and O–H groups in total. The van der Waals surface area contributed by atoms with E-state index >= 15 is 0 Å². The number of hydrogen-bond donors (Lipinski definition) is 1. The summed E-state index contributed by atoms with van der Waals surface area (Å²) >= 11 is 0. The van der Waals surface area contributed by atoms with Crippen molar-refractivity contribution >= 4 is 5.84 Å². The topological polar surface area (TPSA) is 24.4 Å². The Balaban J connectivity index is 4.16. The van der Waals surface area contributed by atoms with E-state index in [2.05, 4.69) is 44.6 Å². The molecule has 0 aromatic heterocycles. The third-order valence-electron chi connectivity index (χ3n) is 1.93. The van der Waals surface area contributed by atoms with Gasteiger partial charge in [0.1, 0.15) is 5.84 Å². The minimum atomic E-state index is 0.382. The van der Waals surface area contributed by atoms with Gasteiger partial charge in [0.15, 0.2) is 0 Å². The lowest BCUT2D eigenvalue weighted by Gasteiger charge is -2.12. The average Bonchev–Trinajstić information content (AvgIpc) is 2.03. The molecule has 2 heteroatoms. The predicted molar refractivity (Wildman–Crippen MR) is 55.4 cm³/mol. The molecule has 0 saturated heterocycles. The molecule has 0 aromatic rings. The highest BCUT2D eigenvalue weighted by atomic mass is 15.0. The fourth-order valence-electron chi connectivity index (χ4n) is 0.743. The first kappa shape index (κ1) is 11.2. The summed E-state index contributed by atoms with van der Waals surface area (Å²) in [7, 11) is 0. The van der Waals surface area contributed by atoms with Crippen LogP contribution in [-0.4, -0.2) is 11.9 Å². The first-order valence-electron chi connectivity index (χ1n) is 4.55. The molecule has 0 heterocycles. The second-order valence-electron chi connectivity index (χ2n) is 3.26. The minimum absolute atomic E-state index is 0.382. The number of aliphatic imine (C=N–C) groups is 1. The van der Waals surface area contributed by atoms with Gasteiger partial charge in [0.05, 0.1) is 6.04 Å². The molecule has 0 spiro atoms. The van der Waals surface area contributed by atoms with E-state index in [1.165, 1.54) is 0 Å². The van der Waals surface area contributed by atoms with Crippen LogP contribution in [0.5, 0.6) is 0 Å². The van der Waals surface area contributed by atoms with Gasteiger partial charge in [-0.05, 0) is 19.0 Å². The number of rotatable bonds is 4. The van der Waals surface area contributed by atoms with E-state index in [0.29, 0.717) is 12.0 Å². The summed E-state index contributed by atoms with van der Waals surface area (Å²) in [6, 6.07) is 0.382. The number of hydrogen-bond acceptors (Lipinski definition) is 1. The highest BCUT2D eigenvalue weighted by Gasteiger charge is 2.05. The van der Waals surface area contributed by atoms with Gasteiger partial charge in [-0.2, -0.15) is 0 Å². The summed E-state index contributed by atoms with van der Waals surface area (Å²) in [5.74, 6) is 1.62. The standard InChI is InChI=1S/C10H20N2/c1-6-10(11-7-2)12-9(5)8(3)4/h7-9H,2,6H2,1,3-5H3,(H,11,12). The monoisotopic (exact) mass is 168 g/mol. The second kappa shape index (κ2) is 5.81. The summed E-state index contributed by atoms with van der Waals surface area (Å²) in [6.45, 7) is 12.2. The van der Waals surface area contributed by atoms with E-state index in [9.17, 15) is 0 Å². The first-order valence-corrected chi connectivity index (χ1v) is 4.55. The van der Waals surface area contributed by atoms with Crippen molar-refractivity contribution in [2.45, 2.75) is 40.2 Å². The Morgan fingerprint density at radius 3 is 2.42 bits per heavy atom. The van der Waals surface area contributed by atoms with Crippen molar-refractivity contribution < 1.29 is 0 Å². The molecule has 0 aliphatic heterocycles. The molecule has 0 fully saturated rings. The Hall–Kier alpha value is -0.790. The van der Waals surface area contributed by atoms with Gasteiger partial charge < -0.3 is 5.32 Å². The van der Waals surface area contributed by atoms with Crippen molar-refractivity contribution in [2.75, 3.05) is 0 Å². The van der Waals surface area contributed by atoms with Crippen LogP contribution in [0.15, 0.2) is 17.8 Å². The molecule has 0 amide bonds. The van der Waals surface area contributed by atoms with E-state index in [1.54, 1.807) is 6.20 Å². The number of nitrogens with zero attached hydrogens (tertiary/aromatic N) is 1. The van der Waals surface area contributed by atoms with E-state index < -0.39 is 0 Å². The quantitative estimate of drug-likeness (QED) is 0.506. The van der Waals surface area contributed by atoms with Crippen molar-refractivity contribution in [1.29, 1.82) is 0 Å². The van der Waals surface area contributed by atoms with Gasteiger partial charge >= 0.3 is 0 Å². The minimum Gasteiger partial charge on any atom is -0.351 e. The fourth-order valence-corrected chi connectivity index (χ4v) is 0.743. The SMILES string of the molecule is C=CN/C(CC)=N/C(C)C(C)C. The molecule has 12 heavy (non-hydrogen) atoms. The van der Waals surface area contributed by atoms with E-state index in [1.807, 2.05) is 0 Å². The average molecular weight is 168 g/mol. The highest BCUT2D eigenvalue weighted by molar-refractivity contribution is 5.82. The molecule has 0 aromatic carbocycles. The van der Waals surface area contributed by atoms with E-state index in [4.69, 9.17) is 0 Å². The zero-order chi connectivity index (χ0) is 9.56. The maximum absolute atomic E-state index is 4.52. The Morgan fingerprint density at radius 1 is 1.50 bits per heavy atom. The fraction of sp³-hybridized carbons (Fsp3) is 0.700. The molecule has 0 bridgehead atoms. The van der Waals surface area contributed by atoms with Crippen molar-refractivity contribution in [3.05, 3.63) is 12.8 Å². The van der Waals surface area contributed by atoms with Gasteiger partial charge in [0.25, 0.3) is 0 Å². The van der Waals surface area contributed by atoms with Crippen LogP contribution in [0.4, 0.5) is 0 Å². The molecule has 0 aliphatic rings. The first-order chi connectivity index (χ1) is 5.61. The molecule has 70 valence electrons. The Bertz CT molecular complexity index is 159. The predicted octanol–water partition coefficient (Wildman–Crippen LogP) is 2.57. The van der Waals surface area contributed by atoms with Crippen LogP contribution in [0, 0.1) is 5.92 Å². The molecule has 1 unspecified atom stereocenters. The number of nitrogens with one attached hydrogen (secondary N) is 1. The zero-order valence-electron chi connectivity index (χ0n) is 8.59. The lowest BCUT2D eigenvalue weighted by atomic mass is 10.1. The molecular weight excluding hydrogens is 148 g/mol. The maximum atomic E-state index is 4.52. The van der Waals surface area contributed by atoms with Gasteiger partial charge in [-0.1, -0.05) is 27.4 Å². The maximum Gasteiger partial charge on any atom is 0.100 e. The molecule has 0 radical (unpaired) electrons. The molecule has 0 saturated carbocycles. The van der Waals surface area contributed by atoms with Gasteiger partial charge in [-0.3, -0.25) is 4.99 Å². The Morgan fingerprint density at radius 2 is 2.08 bits per heavy atom. The van der Waals surface area contributed by atoms with Crippen LogP contribution in [-0.2, 0) is 0 Å². The van der Waals surface area contributed by atoms with Gasteiger partial charge in [-0.25, -0.2) is 0 Å². The smallest absolute Gasteiger partial charge is 0.100 e. The van der Waals surface area contributed by atoms with Crippen molar-refractivity contribution in [1.82, 2.24) is 5.32 Å². The summed E-state index contributed by atoms with van der Waals surface area (Å²) < 4.78 is 0. The highest BCUT2D eigenvalue weighted by Crippen LogP contribution is 2.05. The second-order valence-corrected chi connectivity index (χ2v) is 3.26. The Kier molecular flexibility index (Phi) is 5.43. The lowest BCUT2D eigenvalue weighted by molar-refractivity contribution is 0.529. The normalized spacial score (nSPS) is 14.6. The van der Waals surface area contributed by atoms with E-state index in [0.717, 1.165) is 12.3 Å². The Labute approximate surface area is 75.8 Å². The van der Waals surface area contributed by atoms with Crippen LogP contribution < -0.4 is 5.32 Å². The largest absolute Gasteiger partial charge is 0.351 e.